The van der Waals surface area contributed by atoms with E-state index in [9.17, 15) is 4.79 Å². The molecule has 0 unspecified atom stereocenters. The van der Waals surface area contributed by atoms with Crippen LogP contribution < -0.4 is 10.2 Å². The lowest BCUT2D eigenvalue weighted by atomic mass is 9.85. The zero-order chi connectivity index (χ0) is 20.3. The van der Waals surface area contributed by atoms with Gasteiger partial charge in [-0.25, -0.2) is 5.43 Å². The van der Waals surface area contributed by atoms with E-state index in [1.807, 2.05) is 54.6 Å². The fourth-order valence-corrected chi connectivity index (χ4v) is 4.28. The Balaban J connectivity index is 1.54. The Morgan fingerprint density at radius 3 is 2.28 bits per heavy atom. The monoisotopic (exact) mass is 448 g/mol. The number of methoxy groups -OCH3 is 1. The van der Waals surface area contributed by atoms with Crippen LogP contribution in [-0.4, -0.2) is 19.2 Å². The van der Waals surface area contributed by atoms with Crippen molar-refractivity contribution in [1.29, 1.82) is 0 Å². The predicted molar refractivity (Wildman–Crippen MR) is 118 cm³/mol. The number of hydrogen-bond acceptors (Lipinski definition) is 3. The first-order valence-electron chi connectivity index (χ1n) is 9.42. The van der Waals surface area contributed by atoms with Gasteiger partial charge in [0.1, 0.15) is 5.75 Å². The van der Waals surface area contributed by atoms with Crippen molar-refractivity contribution in [2.75, 3.05) is 7.11 Å². The molecule has 146 valence electrons. The molecule has 0 bridgehead atoms. The van der Waals surface area contributed by atoms with Crippen molar-refractivity contribution in [3.05, 3.63) is 100 Å². The summed E-state index contributed by atoms with van der Waals surface area (Å²) >= 11 is 3.44. The van der Waals surface area contributed by atoms with E-state index in [1.165, 1.54) is 0 Å². The Morgan fingerprint density at radius 1 is 1.07 bits per heavy atom. The highest BCUT2D eigenvalue weighted by Gasteiger charge is 2.60. The van der Waals surface area contributed by atoms with E-state index in [0.29, 0.717) is 5.75 Å². The second-order valence-corrected chi connectivity index (χ2v) is 8.00. The lowest BCUT2D eigenvalue weighted by molar-refractivity contribution is -0.122. The van der Waals surface area contributed by atoms with Crippen molar-refractivity contribution in [3.63, 3.8) is 0 Å². The van der Waals surface area contributed by atoms with Gasteiger partial charge in [-0.3, -0.25) is 4.79 Å². The molecule has 4 rings (SSSR count). The molecular weight excluding hydrogens is 428 g/mol. The minimum atomic E-state index is -0.296. The molecule has 5 heteroatoms. The van der Waals surface area contributed by atoms with Gasteiger partial charge >= 0.3 is 0 Å². The molecule has 4 nitrogen and oxygen atoms in total. The number of carbonyl (C=O) groups excluding carboxylic acids is 1. The van der Waals surface area contributed by atoms with Crippen molar-refractivity contribution in [3.8, 4) is 5.75 Å². The highest BCUT2D eigenvalue weighted by molar-refractivity contribution is 9.10. The van der Waals surface area contributed by atoms with Crippen LogP contribution in [0.4, 0.5) is 0 Å². The van der Waals surface area contributed by atoms with E-state index in [1.54, 1.807) is 13.3 Å². The van der Waals surface area contributed by atoms with Crippen molar-refractivity contribution in [2.24, 2.45) is 11.0 Å². The van der Waals surface area contributed by atoms with E-state index >= 15 is 0 Å². The molecule has 1 saturated carbocycles. The Morgan fingerprint density at radius 2 is 1.69 bits per heavy atom. The topological polar surface area (TPSA) is 50.7 Å². The van der Waals surface area contributed by atoms with Gasteiger partial charge in [0, 0.05) is 15.5 Å². The highest BCUT2D eigenvalue weighted by atomic mass is 79.9. The van der Waals surface area contributed by atoms with Crippen molar-refractivity contribution >= 4 is 28.1 Å². The summed E-state index contributed by atoms with van der Waals surface area (Å²) in [7, 11) is 1.61. The number of nitrogens with one attached hydrogen (secondary N) is 1. The zero-order valence-corrected chi connectivity index (χ0v) is 17.6. The normalized spacial score (nSPS) is 17.1. The van der Waals surface area contributed by atoms with Gasteiger partial charge in [0.25, 0.3) is 0 Å². The van der Waals surface area contributed by atoms with Crippen LogP contribution in [-0.2, 0) is 10.2 Å². The van der Waals surface area contributed by atoms with Gasteiger partial charge in [0.15, 0.2) is 0 Å². The minimum Gasteiger partial charge on any atom is -0.496 e. The van der Waals surface area contributed by atoms with E-state index in [-0.39, 0.29) is 17.2 Å². The molecule has 3 aromatic rings. The average Bonchev–Trinajstić information content (AvgIpc) is 3.52. The van der Waals surface area contributed by atoms with Crippen LogP contribution in [0.3, 0.4) is 0 Å². The first-order valence-corrected chi connectivity index (χ1v) is 10.2. The Kier molecular flexibility index (Phi) is 5.49. The maximum atomic E-state index is 12.9. The Labute approximate surface area is 178 Å². The third-order valence-electron chi connectivity index (χ3n) is 5.43. The molecule has 0 spiro atoms. The van der Waals surface area contributed by atoms with Gasteiger partial charge in [0.05, 0.1) is 19.2 Å². The number of hydrazone groups is 1. The fourth-order valence-electron chi connectivity index (χ4n) is 3.90. The van der Waals surface area contributed by atoms with Crippen LogP contribution >= 0.6 is 15.9 Å². The molecule has 0 aliphatic heterocycles. The second-order valence-electron chi connectivity index (χ2n) is 7.08. The molecule has 1 N–H and O–H groups in total. The largest absolute Gasteiger partial charge is 0.496 e. The summed E-state index contributed by atoms with van der Waals surface area (Å²) in [5, 5.41) is 4.18. The molecule has 1 atom stereocenters. The smallest absolute Gasteiger partial charge is 0.244 e. The lowest BCUT2D eigenvalue weighted by Gasteiger charge is -2.18. The van der Waals surface area contributed by atoms with E-state index in [0.717, 1.165) is 27.6 Å². The first-order chi connectivity index (χ1) is 14.1. The molecule has 1 amide bonds. The molecule has 1 aliphatic rings. The molecule has 0 radical (unpaired) electrons. The molecule has 3 aromatic carbocycles. The molecule has 29 heavy (non-hydrogen) atoms. The summed E-state index contributed by atoms with van der Waals surface area (Å²) in [5.41, 5.74) is 5.52. The first kappa shape index (κ1) is 19.4. The van der Waals surface area contributed by atoms with Crippen LogP contribution in [0.25, 0.3) is 0 Å². The third-order valence-corrected chi connectivity index (χ3v) is 5.92. The van der Waals surface area contributed by atoms with Crippen LogP contribution in [0, 0.1) is 5.92 Å². The summed E-state index contributed by atoms with van der Waals surface area (Å²) in [5.74, 6) is 0.456. The summed E-state index contributed by atoms with van der Waals surface area (Å²) in [6, 6.07) is 26.1. The van der Waals surface area contributed by atoms with Gasteiger partial charge in [-0.2, -0.15) is 5.10 Å². The summed E-state index contributed by atoms with van der Waals surface area (Å²) in [6.07, 6.45) is 2.37. The highest BCUT2D eigenvalue weighted by Crippen LogP contribution is 2.58. The van der Waals surface area contributed by atoms with Crippen LogP contribution in [0.5, 0.6) is 5.75 Å². The number of halogens is 1. The van der Waals surface area contributed by atoms with Gasteiger partial charge in [0.2, 0.25) is 5.91 Å². The zero-order valence-electron chi connectivity index (χ0n) is 16.0. The summed E-state index contributed by atoms with van der Waals surface area (Å²) in [4.78, 5) is 12.9. The number of amides is 1. The van der Waals surface area contributed by atoms with E-state index in [4.69, 9.17) is 4.74 Å². The van der Waals surface area contributed by atoms with Gasteiger partial charge in [-0.1, -0.05) is 76.6 Å². The number of ether oxygens (including phenoxy) is 1. The standard InChI is InChI=1S/C24H21BrN2O2/c1-29-22-13-12-20(25)14-17(22)16-26-27-23(28)21-15-24(21,18-8-4-2-5-9-18)19-10-6-3-7-11-19/h2-14,16,21H,15H2,1H3,(H,27,28)/b26-16+/t21-/m1/s1. The molecule has 0 heterocycles. The van der Waals surface area contributed by atoms with Crippen molar-refractivity contribution < 1.29 is 9.53 Å². The average molecular weight is 449 g/mol. The Hall–Kier alpha value is -2.92. The van der Waals surface area contributed by atoms with E-state index in [2.05, 4.69) is 50.7 Å². The summed E-state index contributed by atoms with van der Waals surface area (Å²) < 4.78 is 6.26. The molecule has 0 aromatic heterocycles. The predicted octanol–water partition coefficient (Wildman–Crippen LogP) is 4.91. The molecule has 1 aliphatic carbocycles. The number of hydrogen-bond donors (Lipinski definition) is 1. The molecule has 1 fully saturated rings. The fraction of sp³-hybridized carbons (Fsp3) is 0.167. The Bertz CT molecular complexity index is 996. The molecular formula is C24H21BrN2O2. The quantitative estimate of drug-likeness (QED) is 0.429. The van der Waals surface area contributed by atoms with Crippen LogP contribution in [0.1, 0.15) is 23.1 Å². The van der Waals surface area contributed by atoms with Crippen LogP contribution in [0.2, 0.25) is 0 Å². The van der Waals surface area contributed by atoms with Crippen molar-refractivity contribution in [1.82, 2.24) is 5.43 Å². The van der Waals surface area contributed by atoms with Crippen molar-refractivity contribution in [2.45, 2.75) is 11.8 Å². The van der Waals surface area contributed by atoms with Gasteiger partial charge in [-0.15, -0.1) is 0 Å². The number of nitrogens with zero attached hydrogens (tertiary/aromatic N) is 1. The number of benzene rings is 3. The minimum absolute atomic E-state index is 0.0806. The van der Waals surface area contributed by atoms with Crippen LogP contribution in [0.15, 0.2) is 88.4 Å². The van der Waals surface area contributed by atoms with Gasteiger partial charge < -0.3 is 4.74 Å². The maximum absolute atomic E-state index is 12.9. The third kappa shape index (κ3) is 3.83. The van der Waals surface area contributed by atoms with Gasteiger partial charge in [-0.05, 0) is 35.7 Å². The SMILES string of the molecule is COc1ccc(Br)cc1/C=N/NC(=O)[C@H]1CC1(c1ccccc1)c1ccccc1. The molecule has 0 saturated heterocycles. The maximum Gasteiger partial charge on any atom is 0.244 e. The number of carbonyl (C=O) groups is 1. The number of rotatable bonds is 6. The van der Waals surface area contributed by atoms with E-state index < -0.39 is 0 Å². The lowest BCUT2D eigenvalue weighted by Crippen LogP contribution is -2.25. The second kappa shape index (κ2) is 8.21. The summed E-state index contributed by atoms with van der Waals surface area (Å²) in [6.45, 7) is 0.